The average Bonchev–Trinajstić information content (AvgIpc) is 2.80. The summed E-state index contributed by atoms with van der Waals surface area (Å²) in [4.78, 5) is 22.3. The fourth-order valence-electron chi connectivity index (χ4n) is 2.02. The van der Waals surface area contributed by atoms with Gasteiger partial charge in [0.1, 0.15) is 11.6 Å². The van der Waals surface area contributed by atoms with Crippen LogP contribution in [0.2, 0.25) is 0 Å². The molecule has 0 fully saturated rings. The first-order valence-electron chi connectivity index (χ1n) is 5.90. The molecule has 0 aliphatic rings. The van der Waals surface area contributed by atoms with Crippen LogP contribution in [0.3, 0.4) is 0 Å². The zero-order chi connectivity index (χ0) is 14.3. The standard InChI is InChI=1S/C14H10FN3O2/c1-7-4-8(2-3-16-7)13-17-11-5-9(14(19)20)10(15)6-12(11)18-13/h2-6H,1H3,(H,17,18)(H,19,20). The minimum absolute atomic E-state index is 0.388. The van der Waals surface area contributed by atoms with Crippen molar-refractivity contribution in [3.05, 3.63) is 47.5 Å². The monoisotopic (exact) mass is 271 g/mol. The molecule has 2 heterocycles. The highest BCUT2D eigenvalue weighted by Gasteiger charge is 2.14. The molecule has 6 heteroatoms. The Labute approximate surface area is 113 Å². The van der Waals surface area contributed by atoms with Crippen molar-refractivity contribution in [2.45, 2.75) is 6.92 Å². The molecule has 3 rings (SSSR count). The summed E-state index contributed by atoms with van der Waals surface area (Å²) in [5, 5.41) is 8.90. The number of rotatable bonds is 2. The van der Waals surface area contributed by atoms with Crippen LogP contribution in [0.5, 0.6) is 0 Å². The van der Waals surface area contributed by atoms with E-state index in [0.717, 1.165) is 17.3 Å². The molecule has 0 amide bonds. The number of benzene rings is 1. The molecule has 5 nitrogen and oxygen atoms in total. The molecule has 0 aliphatic carbocycles. The molecule has 2 aromatic heterocycles. The van der Waals surface area contributed by atoms with E-state index in [-0.39, 0.29) is 5.56 Å². The van der Waals surface area contributed by atoms with Crippen molar-refractivity contribution in [2.24, 2.45) is 0 Å². The van der Waals surface area contributed by atoms with Crippen molar-refractivity contribution in [2.75, 3.05) is 0 Å². The van der Waals surface area contributed by atoms with Crippen molar-refractivity contribution >= 4 is 17.0 Å². The van der Waals surface area contributed by atoms with Crippen molar-refractivity contribution in [3.8, 4) is 11.4 Å². The highest BCUT2D eigenvalue weighted by atomic mass is 19.1. The Bertz CT molecular complexity index is 826. The summed E-state index contributed by atoms with van der Waals surface area (Å²) in [6.45, 7) is 1.86. The topological polar surface area (TPSA) is 78.9 Å². The average molecular weight is 271 g/mol. The maximum atomic E-state index is 13.6. The number of H-pyrrole nitrogens is 1. The maximum Gasteiger partial charge on any atom is 0.338 e. The second kappa shape index (κ2) is 4.41. The number of carboxylic acid groups (broad SMARTS) is 1. The van der Waals surface area contributed by atoms with Crippen molar-refractivity contribution in [1.29, 1.82) is 0 Å². The Kier molecular flexibility index (Phi) is 2.71. The fourth-order valence-corrected chi connectivity index (χ4v) is 2.02. The lowest BCUT2D eigenvalue weighted by atomic mass is 10.2. The lowest BCUT2D eigenvalue weighted by molar-refractivity contribution is 0.0692. The van der Waals surface area contributed by atoms with Crippen LogP contribution >= 0.6 is 0 Å². The third-order valence-electron chi connectivity index (χ3n) is 2.97. The van der Waals surface area contributed by atoms with Gasteiger partial charge in [-0.15, -0.1) is 0 Å². The van der Waals surface area contributed by atoms with Crippen LogP contribution in [0.4, 0.5) is 4.39 Å². The van der Waals surface area contributed by atoms with Crippen LogP contribution in [-0.2, 0) is 0 Å². The number of hydrogen-bond donors (Lipinski definition) is 2. The van der Waals surface area contributed by atoms with Gasteiger partial charge in [-0.1, -0.05) is 0 Å². The van der Waals surface area contributed by atoms with Gasteiger partial charge in [-0.3, -0.25) is 4.98 Å². The van der Waals surface area contributed by atoms with E-state index >= 15 is 0 Å². The maximum absolute atomic E-state index is 13.6. The van der Waals surface area contributed by atoms with Crippen molar-refractivity contribution in [1.82, 2.24) is 15.0 Å². The first kappa shape index (κ1) is 12.3. The van der Waals surface area contributed by atoms with E-state index in [0.29, 0.717) is 16.9 Å². The Hall–Kier alpha value is -2.76. The highest BCUT2D eigenvalue weighted by Crippen LogP contribution is 2.23. The molecule has 0 unspecified atom stereocenters. The number of aryl methyl sites for hydroxylation is 1. The van der Waals surface area contributed by atoms with Crippen LogP contribution in [0, 0.1) is 12.7 Å². The predicted octanol–water partition coefficient (Wildman–Crippen LogP) is 2.77. The lowest BCUT2D eigenvalue weighted by Gasteiger charge is -1.96. The molecular formula is C14H10FN3O2. The van der Waals surface area contributed by atoms with E-state index in [4.69, 9.17) is 5.11 Å². The Morgan fingerprint density at radius 1 is 1.35 bits per heavy atom. The van der Waals surface area contributed by atoms with Crippen LogP contribution in [-0.4, -0.2) is 26.0 Å². The number of aromatic amines is 1. The number of aromatic nitrogens is 3. The van der Waals surface area contributed by atoms with E-state index in [2.05, 4.69) is 15.0 Å². The molecule has 0 spiro atoms. The molecule has 1 aromatic carbocycles. The van der Waals surface area contributed by atoms with Gasteiger partial charge in [0.2, 0.25) is 0 Å². The molecule has 0 radical (unpaired) electrons. The molecule has 0 bridgehead atoms. The summed E-state index contributed by atoms with van der Waals surface area (Å²) in [6.07, 6.45) is 1.65. The number of carboxylic acids is 1. The summed E-state index contributed by atoms with van der Waals surface area (Å²) < 4.78 is 13.6. The number of nitrogens with zero attached hydrogens (tertiary/aromatic N) is 2. The highest BCUT2D eigenvalue weighted by molar-refractivity contribution is 5.93. The third-order valence-corrected chi connectivity index (χ3v) is 2.97. The van der Waals surface area contributed by atoms with E-state index in [1.54, 1.807) is 12.3 Å². The van der Waals surface area contributed by atoms with Gasteiger partial charge in [0.05, 0.1) is 16.6 Å². The van der Waals surface area contributed by atoms with Crippen LogP contribution < -0.4 is 0 Å². The lowest BCUT2D eigenvalue weighted by Crippen LogP contribution is -1.99. The van der Waals surface area contributed by atoms with Gasteiger partial charge in [-0.05, 0) is 25.1 Å². The Balaban J connectivity index is 2.18. The molecule has 0 atom stereocenters. The van der Waals surface area contributed by atoms with Gasteiger partial charge >= 0.3 is 5.97 Å². The molecule has 0 aliphatic heterocycles. The van der Waals surface area contributed by atoms with Gasteiger partial charge in [0.15, 0.2) is 0 Å². The minimum atomic E-state index is -1.31. The summed E-state index contributed by atoms with van der Waals surface area (Å²) in [7, 11) is 0. The quantitative estimate of drug-likeness (QED) is 0.751. The summed E-state index contributed by atoms with van der Waals surface area (Å²) in [6, 6.07) is 5.98. The van der Waals surface area contributed by atoms with E-state index < -0.39 is 11.8 Å². The summed E-state index contributed by atoms with van der Waals surface area (Å²) >= 11 is 0. The first-order valence-corrected chi connectivity index (χ1v) is 5.90. The number of nitrogens with one attached hydrogen (secondary N) is 1. The SMILES string of the molecule is Cc1cc(-c2nc3cc(C(=O)O)c(F)cc3[nH]2)ccn1. The van der Waals surface area contributed by atoms with Crippen molar-refractivity contribution < 1.29 is 14.3 Å². The third kappa shape index (κ3) is 2.01. The normalized spacial score (nSPS) is 10.9. The minimum Gasteiger partial charge on any atom is -0.478 e. The first-order chi connectivity index (χ1) is 9.54. The van der Waals surface area contributed by atoms with Gasteiger partial charge in [-0.25, -0.2) is 14.2 Å². The van der Waals surface area contributed by atoms with Gasteiger partial charge in [0.25, 0.3) is 0 Å². The van der Waals surface area contributed by atoms with Crippen LogP contribution in [0.25, 0.3) is 22.4 Å². The second-order valence-electron chi connectivity index (χ2n) is 4.43. The zero-order valence-corrected chi connectivity index (χ0v) is 10.5. The molecule has 20 heavy (non-hydrogen) atoms. The fraction of sp³-hybridized carbons (Fsp3) is 0.0714. The number of fused-ring (bicyclic) bond motifs is 1. The molecule has 3 aromatic rings. The zero-order valence-electron chi connectivity index (χ0n) is 10.5. The number of hydrogen-bond acceptors (Lipinski definition) is 3. The molecular weight excluding hydrogens is 261 g/mol. The van der Waals surface area contributed by atoms with E-state index in [9.17, 15) is 9.18 Å². The second-order valence-corrected chi connectivity index (χ2v) is 4.43. The number of imidazole rings is 1. The van der Waals surface area contributed by atoms with Gasteiger partial charge in [-0.2, -0.15) is 0 Å². The largest absolute Gasteiger partial charge is 0.478 e. The van der Waals surface area contributed by atoms with Crippen LogP contribution in [0.15, 0.2) is 30.5 Å². The van der Waals surface area contributed by atoms with E-state index in [1.165, 1.54) is 6.07 Å². The molecule has 0 saturated heterocycles. The summed E-state index contributed by atoms with van der Waals surface area (Å²) in [5.74, 6) is -1.55. The van der Waals surface area contributed by atoms with Gasteiger partial charge < -0.3 is 10.1 Å². The molecule has 0 saturated carbocycles. The van der Waals surface area contributed by atoms with Crippen LogP contribution in [0.1, 0.15) is 16.1 Å². The number of pyridine rings is 1. The molecule has 2 N–H and O–H groups in total. The summed E-state index contributed by atoms with van der Waals surface area (Å²) in [5.41, 5.74) is 2.12. The Morgan fingerprint density at radius 2 is 2.15 bits per heavy atom. The number of carbonyl (C=O) groups is 1. The predicted molar refractivity (Wildman–Crippen MR) is 71.0 cm³/mol. The molecule has 100 valence electrons. The van der Waals surface area contributed by atoms with Crippen molar-refractivity contribution in [3.63, 3.8) is 0 Å². The number of aromatic carboxylic acids is 1. The smallest absolute Gasteiger partial charge is 0.338 e. The number of halogens is 1. The van der Waals surface area contributed by atoms with E-state index in [1.807, 2.05) is 13.0 Å². The van der Waals surface area contributed by atoms with Gasteiger partial charge in [0, 0.05) is 23.5 Å². The Morgan fingerprint density at radius 3 is 2.85 bits per heavy atom.